The SMILES string of the molecule is CC(=O)NCc1ccc(C(=O)NCC(C)(C)N2CCCCC2)cc1. The third kappa shape index (κ3) is 5.34. The first-order valence-corrected chi connectivity index (χ1v) is 8.75. The standard InChI is InChI=1S/C19H29N3O2/c1-15(23)20-13-16-7-9-17(10-8-16)18(24)21-14-19(2,3)22-11-5-4-6-12-22/h7-10H,4-6,11-14H2,1-3H3,(H,20,23)(H,21,24). The highest BCUT2D eigenvalue weighted by Crippen LogP contribution is 2.20. The van der Waals surface area contributed by atoms with E-state index in [-0.39, 0.29) is 17.4 Å². The monoisotopic (exact) mass is 331 g/mol. The fourth-order valence-corrected chi connectivity index (χ4v) is 3.01. The minimum absolute atomic E-state index is 0.0264. The molecule has 1 aromatic carbocycles. The average Bonchev–Trinajstić information content (AvgIpc) is 2.59. The number of amides is 2. The zero-order chi connectivity index (χ0) is 17.6. The van der Waals surface area contributed by atoms with Gasteiger partial charge in [-0.05, 0) is 57.5 Å². The molecule has 0 unspecified atom stereocenters. The number of nitrogens with one attached hydrogen (secondary N) is 2. The van der Waals surface area contributed by atoms with Gasteiger partial charge in [0, 0.05) is 31.1 Å². The smallest absolute Gasteiger partial charge is 0.251 e. The quantitative estimate of drug-likeness (QED) is 0.841. The number of likely N-dealkylation sites (tertiary alicyclic amines) is 1. The summed E-state index contributed by atoms with van der Waals surface area (Å²) >= 11 is 0. The van der Waals surface area contributed by atoms with Crippen molar-refractivity contribution < 1.29 is 9.59 Å². The zero-order valence-corrected chi connectivity index (χ0v) is 15.0. The molecule has 1 aliphatic heterocycles. The summed E-state index contributed by atoms with van der Waals surface area (Å²) in [5.74, 6) is -0.108. The fourth-order valence-electron chi connectivity index (χ4n) is 3.01. The van der Waals surface area contributed by atoms with Crippen LogP contribution in [0.3, 0.4) is 0 Å². The Labute approximate surface area is 144 Å². The summed E-state index contributed by atoms with van der Waals surface area (Å²) in [5.41, 5.74) is 1.60. The van der Waals surface area contributed by atoms with E-state index in [1.807, 2.05) is 12.1 Å². The summed E-state index contributed by atoms with van der Waals surface area (Å²) < 4.78 is 0. The van der Waals surface area contributed by atoms with Gasteiger partial charge in [0.05, 0.1) is 0 Å². The number of carbonyl (C=O) groups excluding carboxylic acids is 2. The van der Waals surface area contributed by atoms with Crippen LogP contribution in [0.2, 0.25) is 0 Å². The fraction of sp³-hybridized carbons (Fsp3) is 0.579. The van der Waals surface area contributed by atoms with Crippen LogP contribution in [0.1, 0.15) is 56.0 Å². The topological polar surface area (TPSA) is 61.4 Å². The largest absolute Gasteiger partial charge is 0.352 e. The molecule has 0 aromatic heterocycles. The molecule has 1 aliphatic rings. The number of hydrogen-bond acceptors (Lipinski definition) is 3. The Morgan fingerprint density at radius 2 is 1.67 bits per heavy atom. The first-order valence-electron chi connectivity index (χ1n) is 8.75. The van der Waals surface area contributed by atoms with Crippen molar-refractivity contribution in [1.29, 1.82) is 0 Å². The van der Waals surface area contributed by atoms with Crippen molar-refractivity contribution in [2.24, 2.45) is 0 Å². The third-order valence-corrected chi connectivity index (χ3v) is 4.65. The third-order valence-electron chi connectivity index (χ3n) is 4.65. The van der Waals surface area contributed by atoms with Crippen molar-refractivity contribution in [3.05, 3.63) is 35.4 Å². The number of benzene rings is 1. The van der Waals surface area contributed by atoms with Gasteiger partial charge >= 0.3 is 0 Å². The van der Waals surface area contributed by atoms with Gasteiger partial charge in [-0.1, -0.05) is 18.6 Å². The number of hydrogen-bond donors (Lipinski definition) is 2. The molecule has 2 N–H and O–H groups in total. The molecular weight excluding hydrogens is 302 g/mol. The second kappa shape index (κ2) is 8.29. The normalized spacial score (nSPS) is 15.8. The lowest BCUT2D eigenvalue weighted by molar-refractivity contribution is -0.119. The molecule has 0 saturated carbocycles. The van der Waals surface area contributed by atoms with Crippen molar-refractivity contribution in [2.75, 3.05) is 19.6 Å². The molecule has 1 fully saturated rings. The Morgan fingerprint density at radius 3 is 2.25 bits per heavy atom. The van der Waals surface area contributed by atoms with Crippen LogP contribution in [0.15, 0.2) is 24.3 Å². The number of piperidine rings is 1. The van der Waals surface area contributed by atoms with E-state index in [0.29, 0.717) is 18.7 Å². The van der Waals surface area contributed by atoms with Gasteiger partial charge < -0.3 is 10.6 Å². The maximum absolute atomic E-state index is 12.4. The summed E-state index contributed by atoms with van der Waals surface area (Å²) in [7, 11) is 0. The van der Waals surface area contributed by atoms with Crippen LogP contribution in [-0.2, 0) is 11.3 Å². The van der Waals surface area contributed by atoms with Gasteiger partial charge in [0.2, 0.25) is 5.91 Å². The molecule has 2 amide bonds. The Bertz CT molecular complexity index is 560. The van der Waals surface area contributed by atoms with Gasteiger partial charge in [0.25, 0.3) is 5.91 Å². The molecule has 1 saturated heterocycles. The maximum Gasteiger partial charge on any atom is 0.251 e. The van der Waals surface area contributed by atoms with Crippen LogP contribution in [0.5, 0.6) is 0 Å². The highest BCUT2D eigenvalue weighted by atomic mass is 16.2. The summed E-state index contributed by atoms with van der Waals surface area (Å²) in [6.45, 7) is 9.22. The second-order valence-corrected chi connectivity index (χ2v) is 7.15. The Balaban J connectivity index is 1.86. The van der Waals surface area contributed by atoms with E-state index >= 15 is 0 Å². The molecule has 0 spiro atoms. The predicted octanol–water partition coefficient (Wildman–Crippen LogP) is 2.32. The number of carbonyl (C=O) groups is 2. The van der Waals surface area contributed by atoms with E-state index in [4.69, 9.17) is 0 Å². The summed E-state index contributed by atoms with van der Waals surface area (Å²) in [6, 6.07) is 7.36. The summed E-state index contributed by atoms with van der Waals surface area (Å²) in [5, 5.41) is 5.80. The van der Waals surface area contributed by atoms with E-state index in [2.05, 4.69) is 29.4 Å². The number of rotatable bonds is 6. The summed E-state index contributed by atoms with van der Waals surface area (Å²) in [4.78, 5) is 25.7. The first-order chi connectivity index (χ1) is 11.4. The highest BCUT2D eigenvalue weighted by Gasteiger charge is 2.28. The lowest BCUT2D eigenvalue weighted by atomic mass is 9.98. The van der Waals surface area contributed by atoms with Crippen molar-refractivity contribution in [1.82, 2.24) is 15.5 Å². The molecule has 0 bridgehead atoms. The number of nitrogens with zero attached hydrogens (tertiary/aromatic N) is 1. The molecule has 5 nitrogen and oxygen atoms in total. The lowest BCUT2D eigenvalue weighted by Gasteiger charge is -2.41. The van der Waals surface area contributed by atoms with Crippen molar-refractivity contribution >= 4 is 11.8 Å². The first kappa shape index (κ1) is 18.5. The Hall–Kier alpha value is -1.88. The van der Waals surface area contributed by atoms with Gasteiger partial charge in [-0.15, -0.1) is 0 Å². The molecule has 1 aromatic rings. The molecule has 24 heavy (non-hydrogen) atoms. The van der Waals surface area contributed by atoms with Gasteiger partial charge in [-0.3, -0.25) is 14.5 Å². The van der Waals surface area contributed by atoms with E-state index in [1.165, 1.54) is 26.2 Å². The maximum atomic E-state index is 12.4. The van der Waals surface area contributed by atoms with Crippen LogP contribution in [-0.4, -0.2) is 41.9 Å². The van der Waals surface area contributed by atoms with E-state index in [0.717, 1.165) is 18.7 Å². The van der Waals surface area contributed by atoms with Crippen LogP contribution in [0.4, 0.5) is 0 Å². The van der Waals surface area contributed by atoms with Crippen LogP contribution in [0, 0.1) is 0 Å². The van der Waals surface area contributed by atoms with E-state index < -0.39 is 0 Å². The van der Waals surface area contributed by atoms with Crippen molar-refractivity contribution in [3.63, 3.8) is 0 Å². The molecule has 5 heteroatoms. The average molecular weight is 331 g/mol. The highest BCUT2D eigenvalue weighted by molar-refractivity contribution is 5.94. The van der Waals surface area contributed by atoms with Crippen molar-refractivity contribution in [2.45, 2.75) is 52.1 Å². The Kier molecular flexibility index (Phi) is 6.37. The molecule has 2 rings (SSSR count). The summed E-state index contributed by atoms with van der Waals surface area (Å²) in [6.07, 6.45) is 3.80. The van der Waals surface area contributed by atoms with Gasteiger partial charge in [0.1, 0.15) is 0 Å². The lowest BCUT2D eigenvalue weighted by Crippen LogP contribution is -2.53. The second-order valence-electron chi connectivity index (χ2n) is 7.15. The molecule has 132 valence electrons. The minimum Gasteiger partial charge on any atom is -0.352 e. The molecule has 0 radical (unpaired) electrons. The molecule has 1 heterocycles. The minimum atomic E-state index is -0.0586. The van der Waals surface area contributed by atoms with Crippen LogP contribution >= 0.6 is 0 Å². The van der Waals surface area contributed by atoms with Crippen LogP contribution < -0.4 is 10.6 Å². The van der Waals surface area contributed by atoms with Crippen molar-refractivity contribution in [3.8, 4) is 0 Å². The van der Waals surface area contributed by atoms with Gasteiger partial charge in [0.15, 0.2) is 0 Å². The molecule has 0 aliphatic carbocycles. The zero-order valence-electron chi connectivity index (χ0n) is 15.0. The predicted molar refractivity (Wildman–Crippen MR) is 95.8 cm³/mol. The van der Waals surface area contributed by atoms with Gasteiger partial charge in [-0.25, -0.2) is 0 Å². The molecule has 0 atom stereocenters. The van der Waals surface area contributed by atoms with E-state index in [1.54, 1.807) is 12.1 Å². The van der Waals surface area contributed by atoms with E-state index in [9.17, 15) is 9.59 Å². The molecular formula is C19H29N3O2. The van der Waals surface area contributed by atoms with Gasteiger partial charge in [-0.2, -0.15) is 0 Å². The van der Waals surface area contributed by atoms with Crippen LogP contribution in [0.25, 0.3) is 0 Å². The Morgan fingerprint density at radius 1 is 1.04 bits per heavy atom.